The maximum absolute atomic E-state index is 11.5. The highest BCUT2D eigenvalue weighted by Gasteiger charge is 2.24. The van der Waals surface area contributed by atoms with Gasteiger partial charge in [-0.25, -0.2) is 0 Å². The quantitative estimate of drug-likeness (QED) is 0.921. The number of carbonyl (C=O) groups is 1. The van der Waals surface area contributed by atoms with Crippen molar-refractivity contribution in [3.05, 3.63) is 36.0 Å². The number of rotatable bonds is 5. The SMILES string of the molecule is CCn1ccc2cc(CN3CC[C@H](CC(=O)NC)C3)ccc21. The molecule has 0 saturated carbocycles. The summed E-state index contributed by atoms with van der Waals surface area (Å²) in [4.78, 5) is 13.9. The Morgan fingerprint density at radius 1 is 1.36 bits per heavy atom. The fourth-order valence-electron chi connectivity index (χ4n) is 3.47. The molecular formula is C18H25N3O. The van der Waals surface area contributed by atoms with E-state index in [1.165, 1.54) is 16.5 Å². The summed E-state index contributed by atoms with van der Waals surface area (Å²) in [5, 5.41) is 4.04. The van der Waals surface area contributed by atoms with E-state index in [2.05, 4.69) is 52.2 Å². The van der Waals surface area contributed by atoms with Crippen LogP contribution in [0.25, 0.3) is 10.9 Å². The Balaban J connectivity index is 1.63. The van der Waals surface area contributed by atoms with Gasteiger partial charge in [-0.2, -0.15) is 0 Å². The Kier molecular flexibility index (Phi) is 4.48. The van der Waals surface area contributed by atoms with Crippen LogP contribution in [-0.2, 0) is 17.9 Å². The van der Waals surface area contributed by atoms with Crippen LogP contribution in [0.2, 0.25) is 0 Å². The molecule has 1 aromatic heterocycles. The molecule has 0 bridgehead atoms. The maximum Gasteiger partial charge on any atom is 0.220 e. The van der Waals surface area contributed by atoms with Crippen molar-refractivity contribution in [3.63, 3.8) is 0 Å². The first-order valence-electron chi connectivity index (χ1n) is 8.20. The number of amides is 1. The van der Waals surface area contributed by atoms with Gasteiger partial charge in [-0.05, 0) is 55.0 Å². The van der Waals surface area contributed by atoms with E-state index in [1.807, 2.05) is 0 Å². The van der Waals surface area contributed by atoms with Crippen molar-refractivity contribution >= 4 is 16.8 Å². The lowest BCUT2D eigenvalue weighted by atomic mass is 10.0. The molecule has 1 fully saturated rings. The summed E-state index contributed by atoms with van der Waals surface area (Å²) in [7, 11) is 1.71. The monoisotopic (exact) mass is 299 g/mol. The summed E-state index contributed by atoms with van der Waals surface area (Å²) >= 11 is 0. The second-order valence-electron chi connectivity index (χ2n) is 6.26. The summed E-state index contributed by atoms with van der Waals surface area (Å²) in [6.07, 6.45) is 3.94. The smallest absolute Gasteiger partial charge is 0.220 e. The molecule has 2 aromatic rings. The van der Waals surface area contributed by atoms with Crippen molar-refractivity contribution in [3.8, 4) is 0 Å². The molecule has 0 radical (unpaired) electrons. The molecule has 0 spiro atoms. The average molecular weight is 299 g/mol. The zero-order valence-electron chi connectivity index (χ0n) is 13.5. The van der Waals surface area contributed by atoms with Crippen LogP contribution in [0.4, 0.5) is 0 Å². The number of nitrogens with zero attached hydrogens (tertiary/aromatic N) is 2. The van der Waals surface area contributed by atoms with Crippen molar-refractivity contribution in [2.45, 2.75) is 32.9 Å². The molecule has 1 amide bonds. The molecule has 1 atom stereocenters. The minimum Gasteiger partial charge on any atom is -0.359 e. The van der Waals surface area contributed by atoms with E-state index < -0.39 is 0 Å². The number of aryl methyl sites for hydroxylation is 1. The summed E-state index contributed by atoms with van der Waals surface area (Å²) in [5.41, 5.74) is 2.67. The first-order chi connectivity index (χ1) is 10.7. The minimum absolute atomic E-state index is 0.161. The highest BCUT2D eigenvalue weighted by molar-refractivity contribution is 5.80. The third-order valence-corrected chi connectivity index (χ3v) is 4.71. The highest BCUT2D eigenvalue weighted by atomic mass is 16.1. The van der Waals surface area contributed by atoms with Gasteiger partial charge in [-0.1, -0.05) is 6.07 Å². The Labute approximate surface area is 132 Å². The molecule has 22 heavy (non-hydrogen) atoms. The van der Waals surface area contributed by atoms with E-state index in [0.717, 1.165) is 32.6 Å². The fraction of sp³-hybridized carbons (Fsp3) is 0.500. The minimum atomic E-state index is 0.161. The molecule has 2 heterocycles. The Hall–Kier alpha value is -1.81. The largest absolute Gasteiger partial charge is 0.359 e. The normalized spacial score (nSPS) is 18.9. The predicted molar refractivity (Wildman–Crippen MR) is 89.7 cm³/mol. The predicted octanol–water partition coefficient (Wildman–Crippen LogP) is 2.62. The molecule has 1 saturated heterocycles. The average Bonchev–Trinajstić information content (AvgIpc) is 3.13. The van der Waals surface area contributed by atoms with Crippen LogP contribution < -0.4 is 5.32 Å². The molecule has 1 aromatic carbocycles. The first kappa shape index (κ1) is 15.1. The van der Waals surface area contributed by atoms with Gasteiger partial charge in [0.25, 0.3) is 0 Å². The van der Waals surface area contributed by atoms with Crippen LogP contribution in [0.3, 0.4) is 0 Å². The Morgan fingerprint density at radius 3 is 3.00 bits per heavy atom. The van der Waals surface area contributed by atoms with E-state index in [-0.39, 0.29) is 5.91 Å². The molecule has 4 nitrogen and oxygen atoms in total. The van der Waals surface area contributed by atoms with Gasteiger partial charge < -0.3 is 9.88 Å². The molecule has 4 heteroatoms. The van der Waals surface area contributed by atoms with Crippen LogP contribution in [0, 0.1) is 5.92 Å². The molecule has 0 aliphatic carbocycles. The van der Waals surface area contributed by atoms with Gasteiger partial charge in [0.15, 0.2) is 0 Å². The third-order valence-electron chi connectivity index (χ3n) is 4.71. The number of hydrogen-bond acceptors (Lipinski definition) is 2. The van der Waals surface area contributed by atoms with Gasteiger partial charge >= 0.3 is 0 Å². The van der Waals surface area contributed by atoms with Crippen molar-refractivity contribution < 1.29 is 4.79 Å². The number of hydrogen-bond donors (Lipinski definition) is 1. The maximum atomic E-state index is 11.5. The molecule has 1 aliphatic heterocycles. The van der Waals surface area contributed by atoms with Crippen molar-refractivity contribution in [2.75, 3.05) is 20.1 Å². The number of fused-ring (bicyclic) bond motifs is 1. The molecule has 3 rings (SSSR count). The summed E-state index contributed by atoms with van der Waals surface area (Å²) in [5.74, 6) is 0.666. The lowest BCUT2D eigenvalue weighted by molar-refractivity contribution is -0.121. The second kappa shape index (κ2) is 6.53. The molecule has 1 N–H and O–H groups in total. The van der Waals surface area contributed by atoms with Crippen LogP contribution >= 0.6 is 0 Å². The Bertz CT molecular complexity index is 661. The zero-order chi connectivity index (χ0) is 15.5. The zero-order valence-corrected chi connectivity index (χ0v) is 13.5. The molecular weight excluding hydrogens is 274 g/mol. The number of aromatic nitrogens is 1. The summed E-state index contributed by atoms with van der Waals surface area (Å²) < 4.78 is 2.27. The number of likely N-dealkylation sites (tertiary alicyclic amines) is 1. The van der Waals surface area contributed by atoms with Gasteiger partial charge in [-0.3, -0.25) is 9.69 Å². The first-order valence-corrected chi connectivity index (χ1v) is 8.20. The van der Waals surface area contributed by atoms with E-state index >= 15 is 0 Å². The van der Waals surface area contributed by atoms with Crippen molar-refractivity contribution in [2.24, 2.45) is 5.92 Å². The van der Waals surface area contributed by atoms with E-state index in [9.17, 15) is 4.79 Å². The van der Waals surface area contributed by atoms with E-state index in [1.54, 1.807) is 7.05 Å². The van der Waals surface area contributed by atoms with Gasteiger partial charge in [0.2, 0.25) is 5.91 Å². The van der Waals surface area contributed by atoms with Gasteiger partial charge in [-0.15, -0.1) is 0 Å². The number of carbonyl (C=O) groups excluding carboxylic acids is 1. The third kappa shape index (κ3) is 3.17. The lowest BCUT2D eigenvalue weighted by Gasteiger charge is -2.16. The second-order valence-corrected chi connectivity index (χ2v) is 6.26. The topological polar surface area (TPSA) is 37.3 Å². The van der Waals surface area contributed by atoms with Crippen LogP contribution in [0.15, 0.2) is 30.5 Å². The molecule has 1 aliphatic rings. The Morgan fingerprint density at radius 2 is 2.23 bits per heavy atom. The van der Waals surface area contributed by atoms with Gasteiger partial charge in [0, 0.05) is 44.8 Å². The van der Waals surface area contributed by atoms with Crippen LogP contribution in [0.1, 0.15) is 25.3 Å². The number of benzene rings is 1. The van der Waals surface area contributed by atoms with Gasteiger partial charge in [0.1, 0.15) is 0 Å². The van der Waals surface area contributed by atoms with Crippen molar-refractivity contribution in [1.29, 1.82) is 0 Å². The fourth-order valence-corrected chi connectivity index (χ4v) is 3.47. The highest BCUT2D eigenvalue weighted by Crippen LogP contribution is 2.23. The summed E-state index contributed by atoms with van der Waals surface area (Å²) in [6, 6.07) is 8.96. The lowest BCUT2D eigenvalue weighted by Crippen LogP contribution is -2.24. The summed E-state index contributed by atoms with van der Waals surface area (Å²) in [6.45, 7) is 6.29. The standard InChI is InChI=1S/C18H25N3O/c1-3-21-9-7-16-10-14(4-5-17(16)21)12-20-8-6-15(13-20)11-18(22)19-2/h4-5,7,9-10,15H,3,6,8,11-13H2,1-2H3,(H,19,22)/t15-/m1/s1. The van der Waals surface area contributed by atoms with E-state index in [0.29, 0.717) is 12.3 Å². The van der Waals surface area contributed by atoms with E-state index in [4.69, 9.17) is 0 Å². The molecule has 0 unspecified atom stereocenters. The van der Waals surface area contributed by atoms with Crippen molar-refractivity contribution in [1.82, 2.24) is 14.8 Å². The van der Waals surface area contributed by atoms with Gasteiger partial charge in [0.05, 0.1) is 0 Å². The van der Waals surface area contributed by atoms with Crippen LogP contribution in [0.5, 0.6) is 0 Å². The molecule has 118 valence electrons. The number of nitrogens with one attached hydrogen (secondary N) is 1. The van der Waals surface area contributed by atoms with Crippen LogP contribution in [-0.4, -0.2) is 35.5 Å².